The predicted octanol–water partition coefficient (Wildman–Crippen LogP) is 2.75. The lowest BCUT2D eigenvalue weighted by atomic mass is 9.75. The summed E-state index contributed by atoms with van der Waals surface area (Å²) in [7, 11) is 0. The minimum atomic E-state index is -1.23. The van der Waals surface area contributed by atoms with Crippen molar-refractivity contribution in [3.63, 3.8) is 0 Å². The number of carbonyl (C=O) groups is 3. The molecule has 6 rings (SSSR count). The molecule has 0 radical (unpaired) electrons. The molecule has 4 aliphatic heterocycles. The Bertz CT molecular complexity index is 1290. The Kier molecular flexibility index (Phi) is 4.29. The monoisotopic (exact) mass is 460 g/mol. The van der Waals surface area contributed by atoms with Gasteiger partial charge in [0.1, 0.15) is 5.54 Å². The zero-order valence-electron chi connectivity index (χ0n) is 18.9. The molecule has 2 aromatic rings. The van der Waals surface area contributed by atoms with Gasteiger partial charge in [0.15, 0.2) is 0 Å². The Labute approximate surface area is 196 Å². The summed E-state index contributed by atoms with van der Waals surface area (Å²) < 4.78 is 0. The van der Waals surface area contributed by atoms with E-state index in [-0.39, 0.29) is 34.8 Å². The molecule has 34 heavy (non-hydrogen) atoms. The molecule has 0 bridgehead atoms. The van der Waals surface area contributed by atoms with Crippen molar-refractivity contribution in [3.05, 3.63) is 63.7 Å². The summed E-state index contributed by atoms with van der Waals surface area (Å²) in [5, 5.41) is 11.5. The average Bonchev–Trinajstić information content (AvgIpc) is 3.52. The third kappa shape index (κ3) is 2.25. The molecule has 3 fully saturated rings. The van der Waals surface area contributed by atoms with E-state index < -0.39 is 28.2 Å². The molecule has 4 heterocycles. The summed E-state index contributed by atoms with van der Waals surface area (Å²) in [5.74, 6) is -2.51. The van der Waals surface area contributed by atoms with Gasteiger partial charge in [0, 0.05) is 29.9 Å². The summed E-state index contributed by atoms with van der Waals surface area (Å²) in [5.41, 5.74) is 0.678. The number of rotatable bonds is 3. The van der Waals surface area contributed by atoms with E-state index in [2.05, 4.69) is 4.90 Å². The predicted molar refractivity (Wildman–Crippen MR) is 123 cm³/mol. The molecule has 0 N–H and O–H groups in total. The highest BCUT2D eigenvalue weighted by Gasteiger charge is 2.75. The first kappa shape index (κ1) is 21.0. The van der Waals surface area contributed by atoms with Crippen LogP contribution in [0.3, 0.4) is 0 Å². The van der Waals surface area contributed by atoms with Crippen LogP contribution in [0.25, 0.3) is 0 Å². The van der Waals surface area contributed by atoms with Gasteiger partial charge < -0.3 is 4.90 Å². The van der Waals surface area contributed by atoms with Crippen LogP contribution < -0.4 is 9.80 Å². The number of imide groups is 1. The zero-order valence-corrected chi connectivity index (χ0v) is 18.9. The van der Waals surface area contributed by atoms with Gasteiger partial charge >= 0.3 is 0 Å². The highest BCUT2D eigenvalue weighted by atomic mass is 16.6. The van der Waals surface area contributed by atoms with Gasteiger partial charge in [0.2, 0.25) is 11.8 Å². The third-order valence-corrected chi connectivity index (χ3v) is 8.18. The van der Waals surface area contributed by atoms with Crippen molar-refractivity contribution in [2.24, 2.45) is 11.8 Å². The van der Waals surface area contributed by atoms with E-state index in [0.29, 0.717) is 13.1 Å². The van der Waals surface area contributed by atoms with Gasteiger partial charge in [-0.05, 0) is 45.4 Å². The van der Waals surface area contributed by atoms with Crippen molar-refractivity contribution in [1.82, 2.24) is 4.90 Å². The first-order valence-electron chi connectivity index (χ1n) is 11.7. The van der Waals surface area contributed by atoms with Gasteiger partial charge in [-0.15, -0.1) is 0 Å². The number of nitrogens with zero attached hydrogens (tertiary/aromatic N) is 4. The summed E-state index contributed by atoms with van der Waals surface area (Å²) in [6.07, 6.45) is 1.57. The molecule has 0 saturated carbocycles. The SMILES string of the molecule is CCN1C(=O)[C@]2(c3ccccc31)[C@@H]1C(=O)N(c3cccc([N+](=O)[O-])c3C)C(=O)[C@@H]1[C@@H]1CCCN12. The van der Waals surface area contributed by atoms with Gasteiger partial charge in [-0.3, -0.25) is 29.4 Å². The molecule has 0 aliphatic carbocycles. The number of hydrogen-bond donors (Lipinski definition) is 0. The Hall–Kier alpha value is -3.59. The van der Waals surface area contributed by atoms with Crippen molar-refractivity contribution in [1.29, 1.82) is 0 Å². The second-order valence-electron chi connectivity index (χ2n) is 9.43. The van der Waals surface area contributed by atoms with Gasteiger partial charge in [0.05, 0.1) is 28.0 Å². The van der Waals surface area contributed by atoms with Crippen LogP contribution in [-0.4, -0.2) is 46.7 Å². The number of nitro benzene ring substituents is 1. The molecule has 0 aromatic heterocycles. The molecule has 2 aromatic carbocycles. The molecular formula is C25H24N4O5. The van der Waals surface area contributed by atoms with E-state index >= 15 is 0 Å². The largest absolute Gasteiger partial charge is 0.310 e. The van der Waals surface area contributed by atoms with Crippen molar-refractivity contribution in [2.75, 3.05) is 22.9 Å². The molecule has 4 atom stereocenters. The molecule has 174 valence electrons. The van der Waals surface area contributed by atoms with Crippen LogP contribution in [0.15, 0.2) is 42.5 Å². The standard InChI is InChI=1S/C25H24N4O5/c1-3-26-18-9-5-4-8-15(18)25(24(26)32)21-20(19-12-7-13-27(19)25)22(30)28(23(21)31)16-10-6-11-17(14(16)2)29(33)34/h4-6,8-11,19-21H,3,7,12-13H2,1-2H3/t19-,20+,21-,25-/m0/s1. The van der Waals surface area contributed by atoms with E-state index in [0.717, 1.165) is 29.0 Å². The second kappa shape index (κ2) is 6.96. The summed E-state index contributed by atoms with van der Waals surface area (Å²) >= 11 is 0. The lowest BCUT2D eigenvalue weighted by molar-refractivity contribution is -0.385. The highest BCUT2D eigenvalue weighted by Crippen LogP contribution is 2.62. The van der Waals surface area contributed by atoms with E-state index in [1.807, 2.05) is 31.2 Å². The van der Waals surface area contributed by atoms with E-state index in [9.17, 15) is 24.5 Å². The number of nitro groups is 1. The minimum absolute atomic E-state index is 0.146. The average molecular weight is 460 g/mol. The van der Waals surface area contributed by atoms with E-state index in [1.54, 1.807) is 17.9 Å². The Morgan fingerprint density at radius 1 is 1.06 bits per heavy atom. The number of carbonyl (C=O) groups excluding carboxylic acids is 3. The molecule has 0 unspecified atom stereocenters. The Morgan fingerprint density at radius 2 is 1.79 bits per heavy atom. The molecule has 3 amide bonds. The molecule has 9 nitrogen and oxygen atoms in total. The zero-order chi connectivity index (χ0) is 23.9. The molecule has 4 aliphatic rings. The number of anilines is 2. The molecule has 9 heteroatoms. The molecular weight excluding hydrogens is 436 g/mol. The van der Waals surface area contributed by atoms with Crippen LogP contribution >= 0.6 is 0 Å². The minimum Gasteiger partial charge on any atom is -0.310 e. The van der Waals surface area contributed by atoms with Crippen molar-refractivity contribution >= 4 is 34.8 Å². The van der Waals surface area contributed by atoms with E-state index in [1.165, 1.54) is 12.1 Å². The van der Waals surface area contributed by atoms with Crippen molar-refractivity contribution in [2.45, 2.75) is 38.3 Å². The van der Waals surface area contributed by atoms with Crippen molar-refractivity contribution in [3.8, 4) is 0 Å². The number of para-hydroxylation sites is 1. The summed E-state index contributed by atoms with van der Waals surface area (Å²) in [6, 6.07) is 11.7. The summed E-state index contributed by atoms with van der Waals surface area (Å²) in [4.78, 5) is 58.0. The fourth-order valence-corrected chi connectivity index (χ4v) is 6.94. The fourth-order valence-electron chi connectivity index (χ4n) is 6.94. The lowest BCUT2D eigenvalue weighted by Gasteiger charge is -2.37. The first-order chi connectivity index (χ1) is 16.4. The van der Waals surface area contributed by atoms with Crippen LogP contribution in [0.4, 0.5) is 17.1 Å². The van der Waals surface area contributed by atoms with Crippen LogP contribution in [0.2, 0.25) is 0 Å². The van der Waals surface area contributed by atoms with Crippen LogP contribution in [-0.2, 0) is 19.9 Å². The summed E-state index contributed by atoms with van der Waals surface area (Å²) in [6.45, 7) is 4.56. The maximum atomic E-state index is 14.1. The highest BCUT2D eigenvalue weighted by molar-refractivity contribution is 6.26. The van der Waals surface area contributed by atoms with Gasteiger partial charge in [-0.1, -0.05) is 24.3 Å². The Balaban J connectivity index is 1.56. The van der Waals surface area contributed by atoms with Crippen LogP contribution in [0.1, 0.15) is 30.9 Å². The smallest absolute Gasteiger partial charge is 0.274 e. The van der Waals surface area contributed by atoms with Crippen LogP contribution in [0.5, 0.6) is 0 Å². The van der Waals surface area contributed by atoms with Gasteiger partial charge in [-0.25, -0.2) is 4.90 Å². The fraction of sp³-hybridized carbons (Fsp3) is 0.400. The molecule has 3 saturated heterocycles. The van der Waals surface area contributed by atoms with Gasteiger partial charge in [-0.2, -0.15) is 0 Å². The number of fused-ring (bicyclic) bond motifs is 7. The topological polar surface area (TPSA) is 104 Å². The van der Waals surface area contributed by atoms with E-state index in [4.69, 9.17) is 0 Å². The molecule has 1 spiro atoms. The number of likely N-dealkylation sites (N-methyl/N-ethyl adjacent to an activating group) is 1. The maximum Gasteiger partial charge on any atom is 0.274 e. The Morgan fingerprint density at radius 3 is 2.53 bits per heavy atom. The first-order valence-corrected chi connectivity index (χ1v) is 11.7. The second-order valence-corrected chi connectivity index (χ2v) is 9.43. The lowest BCUT2D eigenvalue weighted by Crippen LogP contribution is -2.56. The third-order valence-electron chi connectivity index (χ3n) is 8.18. The van der Waals surface area contributed by atoms with Crippen molar-refractivity contribution < 1.29 is 19.3 Å². The number of hydrogen-bond acceptors (Lipinski definition) is 6. The quantitative estimate of drug-likeness (QED) is 0.396. The van der Waals surface area contributed by atoms with Crippen LogP contribution in [0, 0.1) is 28.9 Å². The number of amides is 3. The normalized spacial score (nSPS) is 29.8. The maximum absolute atomic E-state index is 14.1. The van der Waals surface area contributed by atoms with Gasteiger partial charge in [0.25, 0.3) is 11.6 Å². The number of benzene rings is 2.